The van der Waals surface area contributed by atoms with Crippen molar-refractivity contribution in [3.05, 3.63) is 51.9 Å². The molecule has 0 radical (unpaired) electrons. The molecule has 1 amide bonds. The van der Waals surface area contributed by atoms with Gasteiger partial charge in [-0.25, -0.2) is 0 Å². The zero-order chi connectivity index (χ0) is 18.4. The number of carbonyl (C=O) groups excluding carboxylic acids is 1. The summed E-state index contributed by atoms with van der Waals surface area (Å²) in [6, 6.07) is 11.8. The summed E-state index contributed by atoms with van der Waals surface area (Å²) in [6.45, 7) is 5.59. The number of piperazine rings is 1. The highest BCUT2D eigenvalue weighted by molar-refractivity contribution is 7.14. The Balaban J connectivity index is 1.38. The second-order valence-electron chi connectivity index (χ2n) is 6.32. The zero-order valence-electron chi connectivity index (χ0n) is 14.4. The lowest BCUT2D eigenvalue weighted by molar-refractivity contribution is -0.116. The Morgan fingerprint density at radius 3 is 2.54 bits per heavy atom. The summed E-state index contributed by atoms with van der Waals surface area (Å²) >= 11 is 7.31. The van der Waals surface area contributed by atoms with Crippen molar-refractivity contribution < 1.29 is 4.79 Å². The van der Waals surface area contributed by atoms with Gasteiger partial charge in [0.2, 0.25) is 5.91 Å². The van der Waals surface area contributed by atoms with Gasteiger partial charge in [0.05, 0.1) is 5.56 Å². The maximum atomic E-state index is 12.1. The van der Waals surface area contributed by atoms with E-state index < -0.39 is 0 Å². The van der Waals surface area contributed by atoms with Gasteiger partial charge in [-0.3, -0.25) is 9.69 Å². The molecule has 1 aliphatic heterocycles. The summed E-state index contributed by atoms with van der Waals surface area (Å²) < 4.78 is 0. The van der Waals surface area contributed by atoms with Crippen molar-refractivity contribution in [2.75, 3.05) is 38.0 Å². The Hall–Kier alpha value is -1.91. The highest BCUT2D eigenvalue weighted by atomic mass is 35.5. The van der Waals surface area contributed by atoms with E-state index in [-0.39, 0.29) is 5.91 Å². The highest BCUT2D eigenvalue weighted by Crippen LogP contribution is 2.22. The van der Waals surface area contributed by atoms with Crippen molar-refractivity contribution in [2.24, 2.45) is 0 Å². The van der Waals surface area contributed by atoms with Crippen LogP contribution in [0.3, 0.4) is 0 Å². The maximum Gasteiger partial charge on any atom is 0.226 e. The molecule has 0 aliphatic carbocycles. The number of nitrogens with one attached hydrogen (secondary N) is 1. The molecular weight excluding hydrogens is 368 g/mol. The third-order valence-corrected chi connectivity index (χ3v) is 5.56. The number of hydrogen-bond donors (Lipinski definition) is 1. The monoisotopic (exact) mass is 388 g/mol. The summed E-state index contributed by atoms with van der Waals surface area (Å²) in [6.07, 6.45) is 0.444. The molecule has 2 heterocycles. The predicted octanol–water partition coefficient (Wildman–Crippen LogP) is 3.42. The molecule has 1 aromatic heterocycles. The summed E-state index contributed by atoms with van der Waals surface area (Å²) in [5, 5.41) is 15.0. The number of rotatable bonds is 6. The lowest BCUT2D eigenvalue weighted by Gasteiger charge is -2.34. The Morgan fingerprint density at radius 2 is 1.85 bits per heavy atom. The van der Waals surface area contributed by atoms with Crippen molar-refractivity contribution in [3.8, 4) is 6.07 Å². The lowest BCUT2D eigenvalue weighted by Crippen LogP contribution is -2.46. The second kappa shape index (κ2) is 9.15. The maximum absolute atomic E-state index is 12.1. The molecule has 26 heavy (non-hydrogen) atoms. The number of nitriles is 1. The molecule has 0 unspecified atom stereocenters. The number of benzene rings is 1. The highest BCUT2D eigenvalue weighted by Gasteiger charge is 2.18. The molecule has 0 atom stereocenters. The minimum absolute atomic E-state index is 0.0347. The number of carbonyl (C=O) groups is 1. The Morgan fingerprint density at radius 1 is 1.15 bits per heavy atom. The number of hydrogen-bond acceptors (Lipinski definition) is 5. The lowest BCUT2D eigenvalue weighted by atomic mass is 10.2. The van der Waals surface area contributed by atoms with Crippen LogP contribution in [-0.4, -0.2) is 48.4 Å². The number of halogens is 1. The van der Waals surface area contributed by atoms with Crippen LogP contribution in [0.5, 0.6) is 0 Å². The quantitative estimate of drug-likeness (QED) is 0.823. The van der Waals surface area contributed by atoms with Gasteiger partial charge >= 0.3 is 0 Å². The molecule has 1 fully saturated rings. The first-order valence-corrected chi connectivity index (χ1v) is 9.86. The first-order valence-electron chi connectivity index (χ1n) is 8.60. The van der Waals surface area contributed by atoms with Gasteiger partial charge in [-0.1, -0.05) is 23.7 Å². The third-order valence-electron chi connectivity index (χ3n) is 4.48. The van der Waals surface area contributed by atoms with Crippen LogP contribution in [0.15, 0.2) is 35.7 Å². The summed E-state index contributed by atoms with van der Waals surface area (Å²) in [5.41, 5.74) is 1.80. The van der Waals surface area contributed by atoms with E-state index in [1.807, 2.05) is 17.5 Å². The second-order valence-corrected chi connectivity index (χ2v) is 7.67. The molecule has 1 aliphatic rings. The van der Waals surface area contributed by atoms with Crippen LogP contribution in [-0.2, 0) is 11.3 Å². The Kier molecular flexibility index (Phi) is 6.64. The molecule has 1 N–H and O–H groups in total. The van der Waals surface area contributed by atoms with Gasteiger partial charge < -0.3 is 10.2 Å². The molecule has 0 saturated carbocycles. The van der Waals surface area contributed by atoms with Crippen LogP contribution in [0, 0.1) is 11.3 Å². The molecule has 1 aromatic carbocycles. The SMILES string of the molecule is N#Cc1ccsc1NC(=O)CCN1CCN(Cc2ccc(Cl)cc2)CC1. The fourth-order valence-corrected chi connectivity index (χ4v) is 3.84. The van der Waals surface area contributed by atoms with E-state index in [9.17, 15) is 4.79 Å². The van der Waals surface area contributed by atoms with Crippen molar-refractivity contribution in [1.82, 2.24) is 9.80 Å². The molecule has 5 nitrogen and oxygen atoms in total. The van der Waals surface area contributed by atoms with E-state index in [1.54, 1.807) is 6.07 Å². The molecule has 7 heteroatoms. The fourth-order valence-electron chi connectivity index (χ4n) is 2.96. The van der Waals surface area contributed by atoms with E-state index >= 15 is 0 Å². The van der Waals surface area contributed by atoms with Gasteiger partial charge in [0.25, 0.3) is 0 Å². The smallest absolute Gasteiger partial charge is 0.226 e. The van der Waals surface area contributed by atoms with Crippen LogP contribution in [0.25, 0.3) is 0 Å². The molecule has 136 valence electrons. The number of anilines is 1. The van der Waals surface area contributed by atoms with Gasteiger partial charge in [-0.05, 0) is 29.1 Å². The fraction of sp³-hybridized carbons (Fsp3) is 0.368. The molecule has 0 spiro atoms. The van der Waals surface area contributed by atoms with E-state index in [1.165, 1.54) is 16.9 Å². The van der Waals surface area contributed by atoms with E-state index in [0.29, 0.717) is 17.0 Å². The van der Waals surface area contributed by atoms with E-state index in [2.05, 4.69) is 33.3 Å². The summed E-state index contributed by atoms with van der Waals surface area (Å²) in [5.74, 6) is -0.0347. The molecular formula is C19H21ClN4OS. The van der Waals surface area contributed by atoms with E-state index in [0.717, 1.165) is 44.3 Å². The van der Waals surface area contributed by atoms with Crippen molar-refractivity contribution >= 4 is 33.8 Å². The van der Waals surface area contributed by atoms with Crippen molar-refractivity contribution in [3.63, 3.8) is 0 Å². The number of thiophene rings is 1. The van der Waals surface area contributed by atoms with Crippen LogP contribution in [0.4, 0.5) is 5.00 Å². The van der Waals surface area contributed by atoms with Crippen LogP contribution >= 0.6 is 22.9 Å². The normalized spacial score (nSPS) is 15.5. The predicted molar refractivity (Wildman–Crippen MR) is 105 cm³/mol. The molecule has 1 saturated heterocycles. The number of nitrogens with zero attached hydrogens (tertiary/aromatic N) is 3. The Bertz CT molecular complexity index is 776. The summed E-state index contributed by atoms with van der Waals surface area (Å²) in [7, 11) is 0. The molecule has 0 bridgehead atoms. The van der Waals surface area contributed by atoms with E-state index in [4.69, 9.17) is 16.9 Å². The Labute approximate surface area is 162 Å². The minimum atomic E-state index is -0.0347. The largest absolute Gasteiger partial charge is 0.317 e. The first kappa shape index (κ1) is 18.9. The van der Waals surface area contributed by atoms with Gasteiger partial charge in [-0.2, -0.15) is 5.26 Å². The van der Waals surface area contributed by atoms with Crippen LogP contribution < -0.4 is 5.32 Å². The number of amides is 1. The van der Waals surface area contributed by atoms with Crippen LogP contribution in [0.1, 0.15) is 17.5 Å². The topological polar surface area (TPSA) is 59.4 Å². The average Bonchev–Trinajstić information content (AvgIpc) is 3.10. The molecule has 3 rings (SSSR count). The average molecular weight is 389 g/mol. The van der Waals surface area contributed by atoms with Gasteiger partial charge in [0, 0.05) is 50.7 Å². The molecule has 2 aromatic rings. The van der Waals surface area contributed by atoms with Crippen molar-refractivity contribution in [2.45, 2.75) is 13.0 Å². The third kappa shape index (κ3) is 5.29. The minimum Gasteiger partial charge on any atom is -0.317 e. The van der Waals surface area contributed by atoms with Gasteiger partial charge in [0.1, 0.15) is 11.1 Å². The first-order chi connectivity index (χ1) is 12.6. The van der Waals surface area contributed by atoms with Gasteiger partial charge in [-0.15, -0.1) is 11.3 Å². The van der Waals surface area contributed by atoms with Crippen molar-refractivity contribution in [1.29, 1.82) is 5.26 Å². The standard InChI is InChI=1S/C19H21ClN4OS/c20-17-3-1-15(2-4-17)14-24-10-8-23(9-11-24)7-5-18(25)22-19-16(13-21)6-12-26-19/h1-4,6,12H,5,7-11,14H2,(H,22,25). The van der Waals surface area contributed by atoms with Gasteiger partial charge in [0.15, 0.2) is 0 Å². The zero-order valence-corrected chi connectivity index (χ0v) is 16.0. The van der Waals surface area contributed by atoms with Crippen LogP contribution in [0.2, 0.25) is 5.02 Å². The summed E-state index contributed by atoms with van der Waals surface area (Å²) in [4.78, 5) is 16.8.